The molecule has 0 aliphatic heterocycles. The fraction of sp³-hybridized carbons (Fsp3) is 0.273. The molecule has 0 aromatic heterocycles. The first-order chi connectivity index (χ1) is 7.58. The summed E-state index contributed by atoms with van der Waals surface area (Å²) in [5.41, 5.74) is 1.63. The second-order valence-electron chi connectivity index (χ2n) is 3.18. The lowest BCUT2D eigenvalue weighted by molar-refractivity contribution is -0.115. The van der Waals surface area contributed by atoms with E-state index in [9.17, 15) is 4.79 Å². The molecule has 1 amide bonds. The molecule has 0 saturated heterocycles. The first kappa shape index (κ1) is 13.0. The fourth-order valence-corrected chi connectivity index (χ4v) is 1.78. The Balaban J connectivity index is 2.99. The molecule has 3 nitrogen and oxygen atoms in total. The molecule has 1 rings (SSSR count). The zero-order valence-electron chi connectivity index (χ0n) is 8.68. The molecule has 0 atom stereocenters. The van der Waals surface area contributed by atoms with E-state index >= 15 is 0 Å². The van der Waals surface area contributed by atoms with Gasteiger partial charge >= 0.3 is 0 Å². The number of nitriles is 1. The molecule has 0 radical (unpaired) electrons. The standard InChI is InChI=1S/C11H10BrClN2O/c1-2-7-5-8(13)11(12)9(6-7)15-10(16)3-4-14/h5-6H,2-3H2,1H3,(H,15,16). The van der Waals surface area contributed by atoms with Crippen molar-refractivity contribution in [2.75, 3.05) is 5.32 Å². The van der Waals surface area contributed by atoms with E-state index in [0.29, 0.717) is 15.2 Å². The van der Waals surface area contributed by atoms with Gasteiger partial charge in [0, 0.05) is 0 Å². The summed E-state index contributed by atoms with van der Waals surface area (Å²) in [5, 5.41) is 11.6. The summed E-state index contributed by atoms with van der Waals surface area (Å²) in [6, 6.07) is 5.47. The smallest absolute Gasteiger partial charge is 0.238 e. The molecule has 16 heavy (non-hydrogen) atoms. The van der Waals surface area contributed by atoms with Gasteiger partial charge in [-0.3, -0.25) is 4.79 Å². The Labute approximate surface area is 108 Å². The van der Waals surface area contributed by atoms with Crippen LogP contribution in [0.3, 0.4) is 0 Å². The van der Waals surface area contributed by atoms with E-state index in [2.05, 4.69) is 21.2 Å². The van der Waals surface area contributed by atoms with Gasteiger partial charge < -0.3 is 5.32 Å². The van der Waals surface area contributed by atoms with E-state index in [4.69, 9.17) is 16.9 Å². The molecule has 0 heterocycles. The molecule has 0 fully saturated rings. The highest BCUT2D eigenvalue weighted by molar-refractivity contribution is 9.10. The molecule has 1 aromatic carbocycles. The van der Waals surface area contributed by atoms with Gasteiger partial charge in [0.15, 0.2) is 0 Å². The van der Waals surface area contributed by atoms with Crippen LogP contribution in [0.4, 0.5) is 5.69 Å². The molecule has 1 N–H and O–H groups in total. The Hall–Kier alpha value is -1.05. The molecule has 0 saturated carbocycles. The number of hydrogen-bond acceptors (Lipinski definition) is 2. The molecule has 0 aliphatic carbocycles. The molecule has 0 aliphatic rings. The minimum atomic E-state index is -0.340. The first-order valence-electron chi connectivity index (χ1n) is 4.73. The second kappa shape index (κ2) is 5.88. The number of nitrogens with zero attached hydrogens (tertiary/aromatic N) is 1. The maximum absolute atomic E-state index is 11.3. The van der Waals surface area contributed by atoms with Gasteiger partial charge in [-0.05, 0) is 40.0 Å². The van der Waals surface area contributed by atoms with Crippen molar-refractivity contribution in [3.63, 3.8) is 0 Å². The molecular weight excluding hydrogens is 291 g/mol. The van der Waals surface area contributed by atoms with Crippen LogP contribution in [-0.2, 0) is 11.2 Å². The van der Waals surface area contributed by atoms with Gasteiger partial charge in [0.25, 0.3) is 0 Å². The highest BCUT2D eigenvalue weighted by atomic mass is 79.9. The van der Waals surface area contributed by atoms with Gasteiger partial charge in [0.2, 0.25) is 5.91 Å². The Kier molecular flexibility index (Phi) is 4.78. The number of halogens is 2. The summed E-state index contributed by atoms with van der Waals surface area (Å²) in [5.74, 6) is -0.340. The van der Waals surface area contributed by atoms with E-state index in [1.807, 2.05) is 19.1 Å². The zero-order chi connectivity index (χ0) is 12.1. The van der Waals surface area contributed by atoms with Crippen molar-refractivity contribution in [1.82, 2.24) is 0 Å². The van der Waals surface area contributed by atoms with Gasteiger partial charge in [-0.2, -0.15) is 5.26 Å². The largest absolute Gasteiger partial charge is 0.324 e. The van der Waals surface area contributed by atoms with Crippen molar-refractivity contribution in [3.05, 3.63) is 27.2 Å². The van der Waals surface area contributed by atoms with Crippen LogP contribution in [-0.4, -0.2) is 5.91 Å². The Bertz CT molecular complexity index is 454. The van der Waals surface area contributed by atoms with Crippen molar-refractivity contribution >= 4 is 39.1 Å². The summed E-state index contributed by atoms with van der Waals surface area (Å²) in [7, 11) is 0. The number of rotatable bonds is 3. The molecule has 5 heteroatoms. The third kappa shape index (κ3) is 3.22. The fourth-order valence-electron chi connectivity index (χ4n) is 1.21. The molecule has 1 aromatic rings. The first-order valence-corrected chi connectivity index (χ1v) is 5.90. The van der Waals surface area contributed by atoms with Crippen molar-refractivity contribution < 1.29 is 4.79 Å². The highest BCUT2D eigenvalue weighted by Gasteiger charge is 2.09. The SMILES string of the molecule is CCc1cc(Cl)c(Br)c(NC(=O)CC#N)c1. The lowest BCUT2D eigenvalue weighted by Gasteiger charge is -2.09. The Morgan fingerprint density at radius 1 is 1.62 bits per heavy atom. The second-order valence-corrected chi connectivity index (χ2v) is 4.38. The number of aryl methyl sites for hydroxylation is 1. The number of amides is 1. The third-order valence-corrected chi connectivity index (χ3v) is 3.39. The summed E-state index contributed by atoms with van der Waals surface area (Å²) >= 11 is 9.29. The van der Waals surface area contributed by atoms with Crippen LogP contribution in [0.1, 0.15) is 18.9 Å². The van der Waals surface area contributed by atoms with E-state index in [-0.39, 0.29) is 12.3 Å². The monoisotopic (exact) mass is 300 g/mol. The lowest BCUT2D eigenvalue weighted by atomic mass is 10.1. The van der Waals surface area contributed by atoms with Crippen molar-refractivity contribution in [2.24, 2.45) is 0 Å². The van der Waals surface area contributed by atoms with Gasteiger partial charge in [0.05, 0.1) is 21.3 Å². The number of benzene rings is 1. The van der Waals surface area contributed by atoms with Crippen LogP contribution in [0.25, 0.3) is 0 Å². The summed E-state index contributed by atoms with van der Waals surface area (Å²) in [6.45, 7) is 2.00. The molecule has 84 valence electrons. The van der Waals surface area contributed by atoms with Crippen molar-refractivity contribution in [3.8, 4) is 6.07 Å². The maximum atomic E-state index is 11.3. The predicted molar refractivity (Wildman–Crippen MR) is 67.4 cm³/mol. The van der Waals surface area contributed by atoms with Crippen LogP contribution in [0, 0.1) is 11.3 Å². The molecule has 0 bridgehead atoms. The van der Waals surface area contributed by atoms with Crippen molar-refractivity contribution in [2.45, 2.75) is 19.8 Å². The quantitative estimate of drug-likeness (QED) is 0.928. The lowest BCUT2D eigenvalue weighted by Crippen LogP contribution is -2.11. The van der Waals surface area contributed by atoms with Crippen LogP contribution >= 0.6 is 27.5 Å². The van der Waals surface area contributed by atoms with E-state index in [1.165, 1.54) is 0 Å². The molecular formula is C11H10BrClN2O. The van der Waals surface area contributed by atoms with E-state index in [0.717, 1.165) is 12.0 Å². The Morgan fingerprint density at radius 3 is 2.88 bits per heavy atom. The maximum Gasteiger partial charge on any atom is 0.238 e. The van der Waals surface area contributed by atoms with Crippen LogP contribution < -0.4 is 5.32 Å². The predicted octanol–water partition coefficient (Wildman–Crippen LogP) is 3.52. The summed E-state index contributed by atoms with van der Waals surface area (Å²) < 4.78 is 0.637. The average Bonchev–Trinajstić information content (AvgIpc) is 2.24. The Morgan fingerprint density at radius 2 is 2.31 bits per heavy atom. The van der Waals surface area contributed by atoms with Crippen molar-refractivity contribution in [1.29, 1.82) is 5.26 Å². The van der Waals surface area contributed by atoms with E-state index < -0.39 is 0 Å². The number of anilines is 1. The van der Waals surface area contributed by atoms with Gasteiger partial charge in [0.1, 0.15) is 6.42 Å². The number of carbonyl (C=O) groups is 1. The van der Waals surface area contributed by atoms with Gasteiger partial charge in [-0.1, -0.05) is 18.5 Å². The number of carbonyl (C=O) groups excluding carboxylic acids is 1. The van der Waals surface area contributed by atoms with E-state index in [1.54, 1.807) is 6.07 Å². The number of nitrogens with one attached hydrogen (secondary N) is 1. The van der Waals surface area contributed by atoms with Crippen LogP contribution in [0.15, 0.2) is 16.6 Å². The van der Waals surface area contributed by atoms with Gasteiger partial charge in [-0.25, -0.2) is 0 Å². The topological polar surface area (TPSA) is 52.9 Å². The third-order valence-electron chi connectivity index (χ3n) is 2.01. The summed E-state index contributed by atoms with van der Waals surface area (Å²) in [4.78, 5) is 11.3. The van der Waals surface area contributed by atoms with Gasteiger partial charge in [-0.15, -0.1) is 0 Å². The normalized spacial score (nSPS) is 9.62. The minimum absolute atomic E-state index is 0.166. The highest BCUT2D eigenvalue weighted by Crippen LogP contribution is 2.32. The van der Waals surface area contributed by atoms with Crippen LogP contribution in [0.2, 0.25) is 5.02 Å². The number of hydrogen-bond donors (Lipinski definition) is 1. The molecule has 0 spiro atoms. The average molecular weight is 302 g/mol. The zero-order valence-corrected chi connectivity index (χ0v) is 11.0. The minimum Gasteiger partial charge on any atom is -0.324 e. The summed E-state index contributed by atoms with van der Waals surface area (Å²) in [6.07, 6.45) is 0.661. The van der Waals surface area contributed by atoms with Crippen LogP contribution in [0.5, 0.6) is 0 Å². The molecule has 0 unspecified atom stereocenters.